The fraction of sp³-hybridized carbons (Fsp3) is 0.520. The van der Waals surface area contributed by atoms with Crippen molar-refractivity contribution in [2.75, 3.05) is 18.5 Å². The van der Waals surface area contributed by atoms with E-state index in [1.807, 2.05) is 0 Å². The first kappa shape index (κ1) is 28.5. The monoisotopic (exact) mass is 571 g/mol. The Kier molecular flexibility index (Phi) is 8.01. The minimum absolute atomic E-state index is 0.0307. The first-order valence-corrected chi connectivity index (χ1v) is 12.7. The molecule has 2 fully saturated rings. The Hall–Kier alpha value is -3.48. The van der Waals surface area contributed by atoms with Crippen molar-refractivity contribution in [3.63, 3.8) is 0 Å². The molecule has 3 unspecified atom stereocenters. The Labute approximate surface area is 227 Å². The van der Waals surface area contributed by atoms with Crippen molar-refractivity contribution in [2.45, 2.75) is 69.7 Å². The highest BCUT2D eigenvalue weighted by Gasteiger charge is 2.59. The summed E-state index contributed by atoms with van der Waals surface area (Å²) >= 11 is 5.64. The van der Waals surface area contributed by atoms with Crippen molar-refractivity contribution in [3.05, 3.63) is 41.3 Å². The first-order chi connectivity index (χ1) is 18.2. The second-order valence-electron chi connectivity index (χ2n) is 10.5. The molecule has 3 amide bonds. The number of aromatic nitrogens is 2. The van der Waals surface area contributed by atoms with Gasteiger partial charge in [-0.2, -0.15) is 5.10 Å². The van der Waals surface area contributed by atoms with Gasteiger partial charge < -0.3 is 20.1 Å². The minimum Gasteiger partial charge on any atom is -0.484 e. The highest BCUT2D eigenvalue weighted by atomic mass is 35.5. The zero-order chi connectivity index (χ0) is 28.5. The van der Waals surface area contributed by atoms with Crippen LogP contribution in [0.5, 0.6) is 5.75 Å². The third-order valence-electron chi connectivity index (χ3n) is 6.11. The van der Waals surface area contributed by atoms with Gasteiger partial charge in [-0.1, -0.05) is 11.6 Å². The molecular formula is C25H29ClF3N5O5. The SMILES string of the molecule is CC(C)(C)OC(=O)N1CC(NC(=O)COc2ccc(Cl)c(F)c2)CCC1C(=O)Nc1ccn(C2CC2(F)F)n1. The highest BCUT2D eigenvalue weighted by molar-refractivity contribution is 6.30. The molecule has 2 aromatic rings. The largest absolute Gasteiger partial charge is 0.484 e. The summed E-state index contributed by atoms with van der Waals surface area (Å²) in [5, 5.41) is 9.26. The Balaban J connectivity index is 1.37. The van der Waals surface area contributed by atoms with E-state index in [4.69, 9.17) is 21.1 Å². The van der Waals surface area contributed by atoms with Crippen LogP contribution in [0.1, 0.15) is 46.1 Å². The maximum Gasteiger partial charge on any atom is 0.411 e. The Morgan fingerprint density at radius 2 is 1.92 bits per heavy atom. The van der Waals surface area contributed by atoms with E-state index in [0.29, 0.717) is 6.42 Å². The maximum absolute atomic E-state index is 13.6. The minimum atomic E-state index is -2.82. The summed E-state index contributed by atoms with van der Waals surface area (Å²) in [6.45, 7) is 4.61. The van der Waals surface area contributed by atoms with Crippen molar-refractivity contribution in [1.29, 1.82) is 0 Å². The summed E-state index contributed by atoms with van der Waals surface area (Å²) in [4.78, 5) is 39.8. The van der Waals surface area contributed by atoms with Gasteiger partial charge >= 0.3 is 6.09 Å². The number of hydrogen-bond acceptors (Lipinski definition) is 6. The van der Waals surface area contributed by atoms with E-state index in [-0.39, 0.29) is 36.0 Å². The van der Waals surface area contributed by atoms with Gasteiger partial charge in [-0.05, 0) is 45.7 Å². The number of halogens is 4. The zero-order valence-corrected chi connectivity index (χ0v) is 22.3. The van der Waals surface area contributed by atoms with E-state index in [1.165, 1.54) is 29.3 Å². The van der Waals surface area contributed by atoms with Crippen LogP contribution >= 0.6 is 11.6 Å². The predicted octanol–water partition coefficient (Wildman–Crippen LogP) is 4.16. The van der Waals surface area contributed by atoms with E-state index >= 15 is 0 Å². The van der Waals surface area contributed by atoms with Gasteiger partial charge in [0.2, 0.25) is 5.91 Å². The molecule has 1 aromatic heterocycles. The Morgan fingerprint density at radius 1 is 1.21 bits per heavy atom. The summed E-state index contributed by atoms with van der Waals surface area (Å²) in [7, 11) is 0. The van der Waals surface area contributed by atoms with Crippen LogP contribution in [0.4, 0.5) is 23.8 Å². The molecule has 1 saturated carbocycles. The van der Waals surface area contributed by atoms with Crippen LogP contribution in [0.2, 0.25) is 5.02 Å². The molecule has 0 spiro atoms. The summed E-state index contributed by atoms with van der Waals surface area (Å²) in [5.41, 5.74) is -0.843. The lowest BCUT2D eigenvalue weighted by atomic mass is 9.97. The van der Waals surface area contributed by atoms with Crippen LogP contribution in [0.3, 0.4) is 0 Å². The number of rotatable bonds is 7. The quantitative estimate of drug-likeness (QED) is 0.516. The number of nitrogens with one attached hydrogen (secondary N) is 2. The lowest BCUT2D eigenvalue weighted by Crippen LogP contribution is -2.58. The summed E-state index contributed by atoms with van der Waals surface area (Å²) in [5.74, 6) is -4.37. The fourth-order valence-electron chi connectivity index (χ4n) is 4.14. The van der Waals surface area contributed by atoms with E-state index < -0.39 is 60.0 Å². The van der Waals surface area contributed by atoms with E-state index in [0.717, 1.165) is 10.7 Å². The van der Waals surface area contributed by atoms with Crippen molar-refractivity contribution >= 4 is 35.3 Å². The summed E-state index contributed by atoms with van der Waals surface area (Å²) in [6, 6.07) is 2.69. The average molecular weight is 572 g/mol. The molecular weight excluding hydrogens is 543 g/mol. The second kappa shape index (κ2) is 10.9. The topological polar surface area (TPSA) is 115 Å². The van der Waals surface area contributed by atoms with Crippen LogP contribution in [0.25, 0.3) is 0 Å². The molecule has 2 aliphatic rings. The van der Waals surface area contributed by atoms with Crippen molar-refractivity contribution in [1.82, 2.24) is 20.0 Å². The molecule has 1 aliphatic heterocycles. The second-order valence-corrected chi connectivity index (χ2v) is 10.9. The number of nitrogens with zero attached hydrogens (tertiary/aromatic N) is 3. The van der Waals surface area contributed by atoms with Gasteiger partial charge in [0, 0.05) is 37.3 Å². The van der Waals surface area contributed by atoms with Crippen LogP contribution in [-0.4, -0.2) is 69.3 Å². The maximum atomic E-state index is 13.6. The van der Waals surface area contributed by atoms with Gasteiger partial charge in [0.15, 0.2) is 12.4 Å². The van der Waals surface area contributed by atoms with Gasteiger partial charge in [-0.25, -0.2) is 18.0 Å². The number of benzene rings is 1. The van der Waals surface area contributed by atoms with Crippen LogP contribution in [0, 0.1) is 5.82 Å². The Bertz CT molecular complexity index is 1250. The molecule has 0 radical (unpaired) electrons. The summed E-state index contributed by atoms with van der Waals surface area (Å²) in [6.07, 6.45) is 0.825. The smallest absolute Gasteiger partial charge is 0.411 e. The van der Waals surface area contributed by atoms with Gasteiger partial charge in [0.05, 0.1) is 5.02 Å². The standard InChI is InChI=1S/C25H29ClF3N5O5/c1-24(2,3)39-23(37)33-12-14(30-21(35)13-38-15-5-6-16(26)17(27)10-15)4-7-18(33)22(36)31-20-8-9-34(32-20)19-11-25(19,28)29/h5-6,8-10,14,18-19H,4,7,11-13H2,1-3H3,(H,30,35)(H,31,32,36). The molecule has 14 heteroatoms. The average Bonchev–Trinajstić information content (AvgIpc) is 3.24. The number of amides is 3. The number of anilines is 1. The van der Waals surface area contributed by atoms with E-state index in [9.17, 15) is 27.6 Å². The molecule has 2 heterocycles. The number of hydrogen-bond donors (Lipinski definition) is 2. The normalized spacial score (nSPS) is 22.1. The van der Waals surface area contributed by atoms with Crippen LogP contribution in [0.15, 0.2) is 30.5 Å². The van der Waals surface area contributed by atoms with Gasteiger partial charge in [-0.15, -0.1) is 0 Å². The summed E-state index contributed by atoms with van der Waals surface area (Å²) < 4.78 is 52.2. The van der Waals surface area contributed by atoms with Gasteiger partial charge in [-0.3, -0.25) is 19.2 Å². The highest BCUT2D eigenvalue weighted by Crippen LogP contribution is 2.52. The first-order valence-electron chi connectivity index (χ1n) is 12.3. The molecule has 0 bridgehead atoms. The van der Waals surface area contributed by atoms with Crippen molar-refractivity contribution < 1.29 is 37.0 Å². The molecule has 3 atom stereocenters. The third-order valence-corrected chi connectivity index (χ3v) is 6.42. The number of ether oxygens (including phenoxy) is 2. The lowest BCUT2D eigenvalue weighted by Gasteiger charge is -2.39. The fourth-order valence-corrected chi connectivity index (χ4v) is 4.26. The molecule has 10 nitrogen and oxygen atoms in total. The number of carbonyl (C=O) groups is 3. The van der Waals surface area contributed by atoms with E-state index in [1.54, 1.807) is 20.8 Å². The number of likely N-dealkylation sites (tertiary alicyclic amines) is 1. The molecule has 2 N–H and O–H groups in total. The molecule has 1 aromatic carbocycles. The number of carbonyl (C=O) groups excluding carboxylic acids is 3. The molecule has 39 heavy (non-hydrogen) atoms. The number of alkyl halides is 2. The predicted molar refractivity (Wildman–Crippen MR) is 134 cm³/mol. The molecule has 1 aliphatic carbocycles. The van der Waals surface area contributed by atoms with Crippen LogP contribution < -0.4 is 15.4 Å². The van der Waals surface area contributed by atoms with Crippen LogP contribution in [-0.2, 0) is 14.3 Å². The molecule has 1 saturated heterocycles. The third kappa shape index (κ3) is 7.34. The van der Waals surface area contributed by atoms with Crippen molar-refractivity contribution in [2.24, 2.45) is 0 Å². The molecule has 4 rings (SSSR count). The lowest BCUT2D eigenvalue weighted by molar-refractivity contribution is -0.125. The van der Waals surface area contributed by atoms with Crippen molar-refractivity contribution in [3.8, 4) is 5.75 Å². The van der Waals surface area contributed by atoms with Gasteiger partial charge in [0.25, 0.3) is 11.8 Å². The molecule has 212 valence electrons. The zero-order valence-electron chi connectivity index (χ0n) is 21.5. The number of piperidine rings is 1. The van der Waals surface area contributed by atoms with E-state index in [2.05, 4.69) is 15.7 Å². The Morgan fingerprint density at radius 3 is 2.56 bits per heavy atom. The van der Waals surface area contributed by atoms with Gasteiger partial charge in [0.1, 0.15) is 29.3 Å².